The molecule has 0 amide bonds. The fourth-order valence-electron chi connectivity index (χ4n) is 1.47. The van der Waals surface area contributed by atoms with Crippen molar-refractivity contribution in [2.24, 2.45) is 0 Å². The normalized spacial score (nSPS) is 10.0. The molecular weight excluding hydrogens is 210 g/mol. The summed E-state index contributed by atoms with van der Waals surface area (Å²) in [4.78, 5) is 6.71. The summed E-state index contributed by atoms with van der Waals surface area (Å²) in [6.07, 6.45) is 1.97. The van der Waals surface area contributed by atoms with Crippen LogP contribution < -0.4 is 5.32 Å². The van der Waals surface area contributed by atoms with Crippen molar-refractivity contribution in [3.05, 3.63) is 29.6 Å². The Hall–Kier alpha value is -0.930. The number of pyridine rings is 1. The van der Waals surface area contributed by atoms with Gasteiger partial charge in [0.2, 0.25) is 0 Å². The molecule has 1 rings (SSSR count). The van der Waals surface area contributed by atoms with Crippen LogP contribution in [0, 0.1) is 6.92 Å². The largest absolute Gasteiger partial charge is 0.318 e. The lowest BCUT2D eigenvalue weighted by Crippen LogP contribution is -2.30. The van der Waals surface area contributed by atoms with Gasteiger partial charge in [-0.05, 0) is 32.1 Å². The predicted molar refractivity (Wildman–Crippen MR) is 75.2 cm³/mol. The van der Waals surface area contributed by atoms with Gasteiger partial charge < -0.3 is 5.32 Å². The third-order valence-electron chi connectivity index (χ3n) is 2.50. The summed E-state index contributed by atoms with van der Waals surface area (Å²) in [6, 6.07) is 4.23. The van der Waals surface area contributed by atoms with Crippen LogP contribution in [0.15, 0.2) is 18.3 Å². The van der Waals surface area contributed by atoms with E-state index in [2.05, 4.69) is 34.3 Å². The van der Waals surface area contributed by atoms with Crippen molar-refractivity contribution < 1.29 is 0 Å². The van der Waals surface area contributed by atoms with Gasteiger partial charge in [-0.2, -0.15) is 0 Å². The van der Waals surface area contributed by atoms with E-state index >= 15 is 0 Å². The molecule has 98 valence electrons. The number of nitrogens with zero attached hydrogens (tertiary/aromatic N) is 2. The SMILES string of the molecule is CC.CCN(CCNC)Cc1ccc(C)nc1. The van der Waals surface area contributed by atoms with Crippen molar-refractivity contribution in [3.8, 4) is 0 Å². The molecule has 0 saturated heterocycles. The van der Waals surface area contributed by atoms with E-state index in [9.17, 15) is 0 Å². The summed E-state index contributed by atoms with van der Waals surface area (Å²) in [5.41, 5.74) is 2.37. The highest BCUT2D eigenvalue weighted by Crippen LogP contribution is 2.03. The van der Waals surface area contributed by atoms with Crippen LogP contribution in [-0.4, -0.2) is 36.6 Å². The molecule has 1 aromatic rings. The van der Waals surface area contributed by atoms with Crippen LogP contribution in [0.1, 0.15) is 32.0 Å². The van der Waals surface area contributed by atoms with Crippen molar-refractivity contribution in [3.63, 3.8) is 0 Å². The fraction of sp³-hybridized carbons (Fsp3) is 0.643. The highest BCUT2D eigenvalue weighted by Gasteiger charge is 2.02. The molecule has 1 heterocycles. The zero-order valence-electron chi connectivity index (χ0n) is 12.0. The smallest absolute Gasteiger partial charge is 0.0372 e. The molecule has 0 spiro atoms. The third-order valence-corrected chi connectivity index (χ3v) is 2.50. The second kappa shape index (κ2) is 10.2. The lowest BCUT2D eigenvalue weighted by molar-refractivity contribution is 0.281. The summed E-state index contributed by atoms with van der Waals surface area (Å²) >= 11 is 0. The molecule has 0 saturated carbocycles. The van der Waals surface area contributed by atoms with Crippen molar-refractivity contribution >= 4 is 0 Å². The molecule has 3 heteroatoms. The third kappa shape index (κ3) is 7.08. The van der Waals surface area contributed by atoms with E-state index in [1.807, 2.05) is 34.0 Å². The van der Waals surface area contributed by atoms with E-state index in [1.54, 1.807) is 0 Å². The molecule has 0 aliphatic rings. The Morgan fingerprint density at radius 2 is 2.00 bits per heavy atom. The zero-order chi connectivity index (χ0) is 13.1. The maximum atomic E-state index is 4.30. The average Bonchev–Trinajstić information content (AvgIpc) is 2.39. The number of aromatic nitrogens is 1. The van der Waals surface area contributed by atoms with Crippen LogP contribution in [0.2, 0.25) is 0 Å². The Balaban J connectivity index is 0.00000121. The van der Waals surface area contributed by atoms with E-state index in [0.29, 0.717) is 0 Å². The quantitative estimate of drug-likeness (QED) is 0.824. The first-order valence-electron chi connectivity index (χ1n) is 6.54. The topological polar surface area (TPSA) is 28.2 Å². The second-order valence-corrected chi connectivity index (χ2v) is 3.78. The minimum absolute atomic E-state index is 0.992. The first-order chi connectivity index (χ1) is 8.26. The van der Waals surface area contributed by atoms with Crippen LogP contribution >= 0.6 is 0 Å². The lowest BCUT2D eigenvalue weighted by Gasteiger charge is -2.19. The first kappa shape index (κ1) is 16.1. The van der Waals surface area contributed by atoms with E-state index < -0.39 is 0 Å². The Bertz CT molecular complexity index is 269. The molecular formula is C14H27N3. The van der Waals surface area contributed by atoms with Crippen LogP contribution in [0.3, 0.4) is 0 Å². The first-order valence-corrected chi connectivity index (χ1v) is 6.54. The Kier molecular flexibility index (Phi) is 9.68. The van der Waals surface area contributed by atoms with Gasteiger partial charge in [-0.15, -0.1) is 0 Å². The second-order valence-electron chi connectivity index (χ2n) is 3.78. The lowest BCUT2D eigenvalue weighted by atomic mass is 10.2. The summed E-state index contributed by atoms with van der Waals surface area (Å²) in [5.74, 6) is 0. The fourth-order valence-corrected chi connectivity index (χ4v) is 1.47. The van der Waals surface area contributed by atoms with E-state index in [-0.39, 0.29) is 0 Å². The minimum Gasteiger partial charge on any atom is -0.318 e. The van der Waals surface area contributed by atoms with Gasteiger partial charge in [0.1, 0.15) is 0 Å². The Morgan fingerprint density at radius 1 is 1.29 bits per heavy atom. The zero-order valence-corrected chi connectivity index (χ0v) is 12.0. The number of hydrogen-bond acceptors (Lipinski definition) is 3. The van der Waals surface area contributed by atoms with Gasteiger partial charge in [0, 0.05) is 31.5 Å². The number of hydrogen-bond donors (Lipinski definition) is 1. The van der Waals surface area contributed by atoms with E-state index in [4.69, 9.17) is 0 Å². The summed E-state index contributed by atoms with van der Waals surface area (Å²) in [7, 11) is 1.99. The van der Waals surface area contributed by atoms with Crippen LogP contribution in [-0.2, 0) is 6.54 Å². The van der Waals surface area contributed by atoms with Crippen molar-refractivity contribution in [2.45, 2.75) is 34.2 Å². The van der Waals surface area contributed by atoms with Crippen molar-refractivity contribution in [1.29, 1.82) is 0 Å². The van der Waals surface area contributed by atoms with Crippen LogP contribution in [0.4, 0.5) is 0 Å². The van der Waals surface area contributed by atoms with Gasteiger partial charge in [-0.1, -0.05) is 26.8 Å². The molecule has 0 bridgehead atoms. The molecule has 0 aliphatic heterocycles. The Morgan fingerprint density at radius 3 is 2.47 bits per heavy atom. The molecule has 1 aromatic heterocycles. The Labute approximate surface area is 106 Å². The molecule has 0 aromatic carbocycles. The average molecular weight is 237 g/mol. The number of rotatable bonds is 6. The highest BCUT2D eigenvalue weighted by molar-refractivity contribution is 5.12. The summed E-state index contributed by atoms with van der Waals surface area (Å²) < 4.78 is 0. The predicted octanol–water partition coefficient (Wildman–Crippen LogP) is 2.46. The van der Waals surface area contributed by atoms with Gasteiger partial charge >= 0.3 is 0 Å². The molecule has 3 nitrogen and oxygen atoms in total. The highest BCUT2D eigenvalue weighted by atomic mass is 15.1. The van der Waals surface area contributed by atoms with E-state index in [1.165, 1.54) is 5.56 Å². The van der Waals surface area contributed by atoms with Gasteiger partial charge in [-0.25, -0.2) is 0 Å². The maximum Gasteiger partial charge on any atom is 0.0372 e. The number of likely N-dealkylation sites (N-methyl/N-ethyl adjacent to an activating group) is 2. The standard InChI is InChI=1S/C12H21N3.C2H6/c1-4-15(8-7-13-3)10-12-6-5-11(2)14-9-12;1-2/h5-6,9,13H,4,7-8,10H2,1-3H3;1-2H3. The number of nitrogens with one attached hydrogen (secondary N) is 1. The molecule has 1 N–H and O–H groups in total. The van der Waals surface area contributed by atoms with Crippen molar-refractivity contribution in [1.82, 2.24) is 15.2 Å². The molecule has 0 aliphatic carbocycles. The molecule has 0 unspecified atom stereocenters. The molecule has 17 heavy (non-hydrogen) atoms. The van der Waals surface area contributed by atoms with Crippen LogP contribution in [0.5, 0.6) is 0 Å². The van der Waals surface area contributed by atoms with Gasteiger partial charge in [0.05, 0.1) is 0 Å². The molecule has 0 atom stereocenters. The summed E-state index contributed by atoms with van der Waals surface area (Å²) in [5, 5.41) is 3.17. The van der Waals surface area contributed by atoms with Crippen molar-refractivity contribution in [2.75, 3.05) is 26.7 Å². The summed E-state index contributed by atoms with van der Waals surface area (Å²) in [6.45, 7) is 12.4. The van der Waals surface area contributed by atoms with Gasteiger partial charge in [-0.3, -0.25) is 9.88 Å². The monoisotopic (exact) mass is 237 g/mol. The molecule has 0 radical (unpaired) electrons. The van der Waals surface area contributed by atoms with Gasteiger partial charge in [0.25, 0.3) is 0 Å². The number of aryl methyl sites for hydroxylation is 1. The van der Waals surface area contributed by atoms with E-state index in [0.717, 1.165) is 31.9 Å². The minimum atomic E-state index is 0.992. The van der Waals surface area contributed by atoms with Crippen LogP contribution in [0.25, 0.3) is 0 Å². The molecule has 0 fully saturated rings. The maximum absolute atomic E-state index is 4.30. The van der Waals surface area contributed by atoms with Gasteiger partial charge in [0.15, 0.2) is 0 Å².